The molecule has 0 radical (unpaired) electrons. The molecule has 1 atom stereocenters. The van der Waals surface area contributed by atoms with Gasteiger partial charge in [0.1, 0.15) is 5.60 Å². The number of carbonyl (C=O) groups excluding carboxylic acids is 2. The summed E-state index contributed by atoms with van der Waals surface area (Å²) >= 11 is 0. The fourth-order valence-electron chi connectivity index (χ4n) is 2.89. The van der Waals surface area contributed by atoms with Gasteiger partial charge in [0.15, 0.2) is 0 Å². The van der Waals surface area contributed by atoms with Crippen LogP contribution in [0.15, 0.2) is 4.42 Å². The SMILES string of the molecule is Cc1nnc(C(=O)N2CC(NC(=O)OC(C)(C)C)CC(C)(C)C2)o1. The molecule has 1 saturated heterocycles. The van der Waals surface area contributed by atoms with E-state index < -0.39 is 11.7 Å². The largest absolute Gasteiger partial charge is 0.444 e. The molecule has 8 heteroatoms. The van der Waals surface area contributed by atoms with Crippen LogP contribution in [0.2, 0.25) is 0 Å². The predicted molar refractivity (Wildman–Crippen MR) is 86.5 cm³/mol. The lowest BCUT2D eigenvalue weighted by Crippen LogP contribution is -2.55. The summed E-state index contributed by atoms with van der Waals surface area (Å²) in [6.45, 7) is 12.1. The lowest BCUT2D eigenvalue weighted by molar-refractivity contribution is 0.0332. The quantitative estimate of drug-likeness (QED) is 0.887. The number of piperidine rings is 1. The van der Waals surface area contributed by atoms with Gasteiger partial charge in [0.25, 0.3) is 0 Å². The second-order valence-electron chi connectivity index (χ2n) is 8.02. The summed E-state index contributed by atoms with van der Waals surface area (Å²) in [5.74, 6) is -0.00127. The normalized spacial score (nSPS) is 20.6. The van der Waals surface area contributed by atoms with E-state index in [1.54, 1.807) is 11.8 Å². The second-order valence-corrected chi connectivity index (χ2v) is 8.02. The summed E-state index contributed by atoms with van der Waals surface area (Å²) in [6, 6.07) is -0.198. The maximum Gasteiger partial charge on any atom is 0.407 e. The van der Waals surface area contributed by atoms with E-state index in [2.05, 4.69) is 29.4 Å². The van der Waals surface area contributed by atoms with E-state index in [1.807, 2.05) is 20.8 Å². The van der Waals surface area contributed by atoms with Crippen molar-refractivity contribution in [1.82, 2.24) is 20.4 Å². The molecule has 0 aliphatic carbocycles. The first-order valence-electron chi connectivity index (χ1n) is 8.04. The summed E-state index contributed by atoms with van der Waals surface area (Å²) in [6.07, 6.45) is 0.269. The molecule has 24 heavy (non-hydrogen) atoms. The summed E-state index contributed by atoms with van der Waals surface area (Å²) < 4.78 is 10.5. The van der Waals surface area contributed by atoms with Crippen LogP contribution in [0.3, 0.4) is 0 Å². The first-order chi connectivity index (χ1) is 11.0. The van der Waals surface area contributed by atoms with Crippen LogP contribution >= 0.6 is 0 Å². The van der Waals surface area contributed by atoms with Gasteiger partial charge in [0.05, 0.1) is 6.04 Å². The van der Waals surface area contributed by atoms with Crippen LogP contribution in [0.4, 0.5) is 4.79 Å². The van der Waals surface area contributed by atoms with Crippen molar-refractivity contribution in [1.29, 1.82) is 0 Å². The zero-order chi connectivity index (χ0) is 18.1. The number of carbonyl (C=O) groups is 2. The molecule has 1 fully saturated rings. The van der Waals surface area contributed by atoms with Crippen molar-refractivity contribution < 1.29 is 18.7 Å². The third kappa shape index (κ3) is 4.94. The standard InChI is InChI=1S/C16H26N4O4/c1-10-18-19-12(23-10)13(21)20-8-11(7-16(5,6)9-20)17-14(22)24-15(2,3)4/h11H,7-9H2,1-6H3,(H,17,22). The van der Waals surface area contributed by atoms with Crippen molar-refractivity contribution in [3.05, 3.63) is 11.8 Å². The molecular formula is C16H26N4O4. The molecule has 1 aromatic heterocycles. The molecule has 1 aliphatic rings. The monoisotopic (exact) mass is 338 g/mol. The molecule has 0 aromatic carbocycles. The maximum atomic E-state index is 12.5. The van der Waals surface area contributed by atoms with Crippen LogP contribution < -0.4 is 5.32 Å². The number of ether oxygens (including phenoxy) is 1. The third-order valence-electron chi connectivity index (χ3n) is 3.58. The van der Waals surface area contributed by atoms with E-state index in [-0.39, 0.29) is 23.3 Å². The number of amides is 2. The molecule has 1 aromatic rings. The van der Waals surface area contributed by atoms with E-state index in [4.69, 9.17) is 9.15 Å². The van der Waals surface area contributed by atoms with Gasteiger partial charge in [0.2, 0.25) is 5.89 Å². The summed E-state index contributed by atoms with van der Waals surface area (Å²) in [4.78, 5) is 26.2. The van der Waals surface area contributed by atoms with Gasteiger partial charge in [-0.1, -0.05) is 13.8 Å². The summed E-state index contributed by atoms with van der Waals surface area (Å²) in [5.41, 5.74) is -0.715. The minimum absolute atomic E-state index is 0.0266. The average Bonchev–Trinajstić information content (AvgIpc) is 2.80. The number of aromatic nitrogens is 2. The molecule has 2 rings (SSSR count). The molecule has 1 unspecified atom stereocenters. The van der Waals surface area contributed by atoms with Crippen LogP contribution in [-0.4, -0.2) is 51.8 Å². The van der Waals surface area contributed by atoms with Gasteiger partial charge in [0, 0.05) is 20.0 Å². The number of nitrogens with one attached hydrogen (secondary N) is 1. The lowest BCUT2D eigenvalue weighted by atomic mass is 9.81. The van der Waals surface area contributed by atoms with Crippen LogP contribution in [0.5, 0.6) is 0 Å². The molecule has 0 bridgehead atoms. The Kier molecular flexibility index (Phi) is 4.87. The molecule has 134 valence electrons. The number of alkyl carbamates (subject to hydrolysis) is 1. The minimum Gasteiger partial charge on any atom is -0.444 e. The van der Waals surface area contributed by atoms with Crippen LogP contribution in [0.1, 0.15) is 57.6 Å². The van der Waals surface area contributed by atoms with Crippen LogP contribution in [-0.2, 0) is 4.74 Å². The molecule has 8 nitrogen and oxygen atoms in total. The number of hydrogen-bond donors (Lipinski definition) is 1. The highest BCUT2D eigenvalue weighted by Gasteiger charge is 2.37. The molecule has 1 aliphatic heterocycles. The van der Waals surface area contributed by atoms with Gasteiger partial charge in [-0.05, 0) is 32.6 Å². The highest BCUT2D eigenvalue weighted by molar-refractivity contribution is 5.89. The van der Waals surface area contributed by atoms with Crippen molar-refractivity contribution in [2.24, 2.45) is 5.41 Å². The highest BCUT2D eigenvalue weighted by Crippen LogP contribution is 2.29. The van der Waals surface area contributed by atoms with Gasteiger partial charge < -0.3 is 19.4 Å². The van der Waals surface area contributed by atoms with E-state index >= 15 is 0 Å². The number of likely N-dealkylation sites (tertiary alicyclic amines) is 1. The Hall–Kier alpha value is -2.12. The van der Waals surface area contributed by atoms with Crippen molar-refractivity contribution in [3.8, 4) is 0 Å². The number of rotatable bonds is 2. The highest BCUT2D eigenvalue weighted by atomic mass is 16.6. The fourth-order valence-corrected chi connectivity index (χ4v) is 2.89. The van der Waals surface area contributed by atoms with Crippen molar-refractivity contribution in [3.63, 3.8) is 0 Å². The summed E-state index contributed by atoms with van der Waals surface area (Å²) in [5, 5.41) is 10.3. The number of aryl methyl sites for hydroxylation is 1. The fraction of sp³-hybridized carbons (Fsp3) is 0.750. The van der Waals surface area contributed by atoms with Crippen molar-refractivity contribution in [2.75, 3.05) is 13.1 Å². The lowest BCUT2D eigenvalue weighted by Gasteiger charge is -2.42. The van der Waals surface area contributed by atoms with Gasteiger partial charge in [-0.3, -0.25) is 4.79 Å². The molecule has 2 heterocycles. The first-order valence-corrected chi connectivity index (χ1v) is 8.04. The average molecular weight is 338 g/mol. The Morgan fingerprint density at radius 3 is 2.54 bits per heavy atom. The molecule has 2 amide bonds. The summed E-state index contributed by atoms with van der Waals surface area (Å²) in [7, 11) is 0. The van der Waals surface area contributed by atoms with Crippen LogP contribution in [0.25, 0.3) is 0 Å². The zero-order valence-corrected chi connectivity index (χ0v) is 15.2. The molecule has 0 spiro atoms. The van der Waals surface area contributed by atoms with Gasteiger partial charge in [-0.15, -0.1) is 10.2 Å². The Bertz CT molecular complexity index is 618. The molecule has 0 saturated carbocycles. The Labute approximate surface area is 141 Å². The zero-order valence-electron chi connectivity index (χ0n) is 15.2. The van der Waals surface area contributed by atoms with E-state index in [9.17, 15) is 9.59 Å². The number of nitrogens with zero attached hydrogens (tertiary/aromatic N) is 3. The van der Waals surface area contributed by atoms with E-state index in [0.29, 0.717) is 19.0 Å². The van der Waals surface area contributed by atoms with E-state index in [1.165, 1.54) is 0 Å². The number of hydrogen-bond acceptors (Lipinski definition) is 6. The predicted octanol–water partition coefficient (Wildman–Crippen LogP) is 2.14. The third-order valence-corrected chi connectivity index (χ3v) is 3.58. The first kappa shape index (κ1) is 18.2. The Balaban J connectivity index is 2.06. The molecular weight excluding hydrogens is 312 g/mol. The smallest absolute Gasteiger partial charge is 0.407 e. The van der Waals surface area contributed by atoms with E-state index in [0.717, 1.165) is 6.42 Å². The molecule has 1 N–H and O–H groups in total. The topological polar surface area (TPSA) is 97.6 Å². The van der Waals surface area contributed by atoms with Gasteiger partial charge in [-0.25, -0.2) is 4.79 Å². The second kappa shape index (κ2) is 6.41. The Morgan fingerprint density at radius 1 is 1.33 bits per heavy atom. The van der Waals surface area contributed by atoms with Crippen LogP contribution in [0, 0.1) is 12.3 Å². The van der Waals surface area contributed by atoms with Crippen molar-refractivity contribution in [2.45, 2.75) is 59.6 Å². The van der Waals surface area contributed by atoms with Gasteiger partial charge >= 0.3 is 17.9 Å². The Morgan fingerprint density at radius 2 is 2.00 bits per heavy atom. The van der Waals surface area contributed by atoms with Crippen molar-refractivity contribution >= 4 is 12.0 Å². The van der Waals surface area contributed by atoms with Gasteiger partial charge in [-0.2, -0.15) is 0 Å². The minimum atomic E-state index is -0.564. The maximum absolute atomic E-state index is 12.5.